The molecule has 1 atom stereocenters. The van der Waals surface area contributed by atoms with Crippen LogP contribution in [0.2, 0.25) is 0 Å². The average Bonchev–Trinajstić information content (AvgIpc) is 2.65. The minimum atomic E-state index is -1.36. The third-order valence-corrected chi connectivity index (χ3v) is 3.01. The quantitative estimate of drug-likeness (QED) is 0.796. The first-order chi connectivity index (χ1) is 7.65. The first-order valence-corrected chi connectivity index (χ1v) is 5.77. The smallest absolute Gasteiger partial charge is 0.181 e. The van der Waals surface area contributed by atoms with E-state index in [9.17, 15) is 4.21 Å². The van der Waals surface area contributed by atoms with Crippen molar-refractivity contribution in [3.8, 4) is 0 Å². The van der Waals surface area contributed by atoms with E-state index in [0.717, 1.165) is 0 Å². The van der Waals surface area contributed by atoms with E-state index in [1.807, 2.05) is 0 Å². The summed E-state index contributed by atoms with van der Waals surface area (Å²) in [5.41, 5.74) is 6.17. The van der Waals surface area contributed by atoms with Gasteiger partial charge in [-0.3, -0.25) is 4.72 Å². The third-order valence-electron chi connectivity index (χ3n) is 1.92. The van der Waals surface area contributed by atoms with Crippen molar-refractivity contribution in [2.24, 2.45) is 0 Å². The number of hydrogen-bond acceptors (Lipinski definition) is 4. The molecule has 3 N–H and O–H groups in total. The van der Waals surface area contributed by atoms with Crippen molar-refractivity contribution in [3.05, 3.63) is 36.1 Å². The summed E-state index contributed by atoms with van der Waals surface area (Å²) in [5.74, 6) is 1.12. The zero-order valence-electron chi connectivity index (χ0n) is 8.64. The number of rotatable bonds is 3. The van der Waals surface area contributed by atoms with Gasteiger partial charge < -0.3 is 10.3 Å². The van der Waals surface area contributed by atoms with Crippen molar-refractivity contribution in [2.45, 2.75) is 11.8 Å². The largest absolute Gasteiger partial charge is 0.399 e. The molecular formula is C10H11N3O2S. The highest BCUT2D eigenvalue weighted by atomic mass is 32.2. The second-order valence-electron chi connectivity index (χ2n) is 3.26. The molecule has 0 aliphatic carbocycles. The van der Waals surface area contributed by atoms with Gasteiger partial charge in [0.1, 0.15) is 5.76 Å². The molecule has 0 aliphatic rings. The summed E-state index contributed by atoms with van der Waals surface area (Å²) < 4.78 is 19.4. The summed E-state index contributed by atoms with van der Waals surface area (Å²) in [6.07, 6.45) is 0. The van der Waals surface area contributed by atoms with Gasteiger partial charge in [0.05, 0.1) is 4.90 Å². The molecule has 0 spiro atoms. The minimum absolute atomic E-state index is 0.452. The maximum Gasteiger partial charge on any atom is 0.181 e. The van der Waals surface area contributed by atoms with Crippen LogP contribution in [0, 0.1) is 6.92 Å². The Morgan fingerprint density at radius 3 is 2.62 bits per heavy atom. The lowest BCUT2D eigenvalue weighted by molar-refractivity contribution is 0.400. The zero-order chi connectivity index (χ0) is 11.5. The summed E-state index contributed by atoms with van der Waals surface area (Å²) in [7, 11) is -1.36. The Bertz CT molecular complexity index is 507. The second kappa shape index (κ2) is 4.36. The molecular weight excluding hydrogens is 226 g/mol. The number of aromatic nitrogens is 1. The van der Waals surface area contributed by atoms with Crippen LogP contribution in [0.3, 0.4) is 0 Å². The van der Waals surface area contributed by atoms with Crippen molar-refractivity contribution < 1.29 is 8.73 Å². The molecule has 1 aromatic heterocycles. The first kappa shape index (κ1) is 10.7. The fraction of sp³-hybridized carbons (Fsp3) is 0.100. The van der Waals surface area contributed by atoms with Crippen LogP contribution >= 0.6 is 0 Å². The molecule has 0 fully saturated rings. The SMILES string of the molecule is Cc1cc(NS(=O)c2ccc(N)cc2)no1. The second-order valence-corrected chi connectivity index (χ2v) is 4.48. The van der Waals surface area contributed by atoms with E-state index in [2.05, 4.69) is 9.88 Å². The molecule has 1 aromatic carbocycles. The van der Waals surface area contributed by atoms with Crippen LogP contribution in [0.4, 0.5) is 11.5 Å². The lowest BCUT2D eigenvalue weighted by Crippen LogP contribution is -2.04. The van der Waals surface area contributed by atoms with Crippen LogP contribution in [0.15, 0.2) is 39.8 Å². The number of hydrogen-bond donors (Lipinski definition) is 2. The fourth-order valence-corrected chi connectivity index (χ4v) is 1.95. The van der Waals surface area contributed by atoms with Gasteiger partial charge in [0, 0.05) is 11.8 Å². The first-order valence-electron chi connectivity index (χ1n) is 4.62. The standard InChI is InChI=1S/C10H11N3O2S/c1-7-6-10(12-15-7)13-16(14)9-4-2-8(11)3-5-9/h2-6H,11H2,1H3,(H,12,13). The number of nitrogens with zero attached hydrogens (tertiary/aromatic N) is 1. The Kier molecular flexibility index (Phi) is 2.91. The molecule has 1 unspecified atom stereocenters. The molecule has 0 saturated carbocycles. The zero-order valence-corrected chi connectivity index (χ0v) is 9.45. The number of nitrogen functional groups attached to an aromatic ring is 1. The van der Waals surface area contributed by atoms with Gasteiger partial charge in [0.15, 0.2) is 16.8 Å². The van der Waals surface area contributed by atoms with Crippen molar-refractivity contribution >= 4 is 22.5 Å². The molecule has 1 heterocycles. The highest BCUT2D eigenvalue weighted by Gasteiger charge is 2.06. The minimum Gasteiger partial charge on any atom is -0.399 e. The molecule has 2 rings (SSSR count). The van der Waals surface area contributed by atoms with Gasteiger partial charge in [-0.15, -0.1) is 0 Å². The Morgan fingerprint density at radius 1 is 1.38 bits per heavy atom. The van der Waals surface area contributed by atoms with E-state index in [1.54, 1.807) is 37.3 Å². The summed E-state index contributed by atoms with van der Waals surface area (Å²) in [6, 6.07) is 8.47. The Labute approximate surface area is 95.2 Å². The molecule has 2 aromatic rings. The van der Waals surface area contributed by atoms with Gasteiger partial charge in [-0.05, 0) is 31.2 Å². The fourth-order valence-electron chi connectivity index (χ4n) is 1.16. The lowest BCUT2D eigenvalue weighted by Gasteiger charge is -2.02. The summed E-state index contributed by atoms with van der Waals surface area (Å²) in [6.45, 7) is 1.77. The highest BCUT2D eigenvalue weighted by Crippen LogP contribution is 2.13. The van der Waals surface area contributed by atoms with Gasteiger partial charge >= 0.3 is 0 Å². The lowest BCUT2D eigenvalue weighted by atomic mass is 10.3. The topological polar surface area (TPSA) is 81.2 Å². The summed E-state index contributed by atoms with van der Waals surface area (Å²) in [4.78, 5) is 0.634. The molecule has 0 amide bonds. The number of anilines is 2. The van der Waals surface area contributed by atoms with E-state index in [-0.39, 0.29) is 0 Å². The third kappa shape index (κ3) is 2.40. The van der Waals surface area contributed by atoms with Crippen LogP contribution < -0.4 is 10.5 Å². The van der Waals surface area contributed by atoms with E-state index < -0.39 is 11.0 Å². The summed E-state index contributed by atoms with van der Waals surface area (Å²) in [5, 5.41) is 3.69. The predicted molar refractivity (Wildman–Crippen MR) is 62.1 cm³/mol. The van der Waals surface area contributed by atoms with Crippen LogP contribution in [0.25, 0.3) is 0 Å². The van der Waals surface area contributed by atoms with Crippen molar-refractivity contribution in [1.82, 2.24) is 5.16 Å². The average molecular weight is 237 g/mol. The van der Waals surface area contributed by atoms with Crippen molar-refractivity contribution in [2.75, 3.05) is 10.5 Å². The number of nitrogens with two attached hydrogens (primary N) is 1. The van der Waals surface area contributed by atoms with Gasteiger partial charge in [-0.2, -0.15) is 0 Å². The number of nitrogens with one attached hydrogen (secondary N) is 1. The van der Waals surface area contributed by atoms with Gasteiger partial charge in [0.2, 0.25) is 0 Å². The molecule has 84 valence electrons. The maximum absolute atomic E-state index is 11.8. The van der Waals surface area contributed by atoms with Crippen LogP contribution in [0.1, 0.15) is 5.76 Å². The van der Waals surface area contributed by atoms with E-state index in [1.165, 1.54) is 0 Å². The molecule has 0 radical (unpaired) electrons. The summed E-state index contributed by atoms with van der Waals surface area (Å²) >= 11 is 0. The predicted octanol–water partition coefficient (Wildman–Crippen LogP) is 1.70. The Morgan fingerprint density at radius 2 is 2.06 bits per heavy atom. The van der Waals surface area contributed by atoms with Gasteiger partial charge in [-0.1, -0.05) is 5.16 Å². The van der Waals surface area contributed by atoms with E-state index in [4.69, 9.17) is 10.3 Å². The molecule has 5 nitrogen and oxygen atoms in total. The Balaban J connectivity index is 2.11. The van der Waals surface area contributed by atoms with Crippen LogP contribution in [-0.2, 0) is 11.0 Å². The molecule has 0 saturated heterocycles. The molecule has 0 aliphatic heterocycles. The number of aryl methyl sites for hydroxylation is 1. The monoisotopic (exact) mass is 237 g/mol. The molecule has 0 bridgehead atoms. The molecule has 16 heavy (non-hydrogen) atoms. The van der Waals surface area contributed by atoms with Crippen LogP contribution in [-0.4, -0.2) is 9.37 Å². The van der Waals surface area contributed by atoms with Gasteiger partial charge in [-0.25, -0.2) is 4.21 Å². The van der Waals surface area contributed by atoms with E-state index >= 15 is 0 Å². The van der Waals surface area contributed by atoms with Crippen molar-refractivity contribution in [1.29, 1.82) is 0 Å². The molecule has 6 heteroatoms. The maximum atomic E-state index is 11.8. The normalized spacial score (nSPS) is 12.3. The number of benzene rings is 1. The highest BCUT2D eigenvalue weighted by molar-refractivity contribution is 7.86. The van der Waals surface area contributed by atoms with Gasteiger partial charge in [0.25, 0.3) is 0 Å². The van der Waals surface area contributed by atoms with Crippen LogP contribution in [0.5, 0.6) is 0 Å². The Hall–Kier alpha value is -1.82. The van der Waals surface area contributed by atoms with E-state index in [0.29, 0.717) is 22.2 Å². The van der Waals surface area contributed by atoms with Crippen molar-refractivity contribution in [3.63, 3.8) is 0 Å².